The van der Waals surface area contributed by atoms with Gasteiger partial charge in [0.1, 0.15) is 5.82 Å². The smallest absolute Gasteiger partial charge is 0.252 e. The van der Waals surface area contributed by atoms with Crippen LogP contribution in [-0.2, 0) is 5.41 Å². The van der Waals surface area contributed by atoms with Gasteiger partial charge in [0, 0.05) is 39.5 Å². The highest BCUT2D eigenvalue weighted by molar-refractivity contribution is 7.01. The van der Waals surface area contributed by atoms with Gasteiger partial charge < -0.3 is 9.80 Å². The zero-order chi connectivity index (χ0) is 34.9. The van der Waals surface area contributed by atoms with Gasteiger partial charge in [0.25, 0.3) is 6.71 Å². The minimum absolute atomic E-state index is 0.0235. The highest BCUT2D eigenvalue weighted by Gasteiger charge is 2.48. The monoisotopic (exact) mass is 668 g/mol. The van der Waals surface area contributed by atoms with Crippen LogP contribution in [0.2, 0.25) is 0 Å². The number of halogens is 1. The Labute approximate surface area is 303 Å². The van der Waals surface area contributed by atoms with E-state index < -0.39 is 0 Å². The topological polar surface area (TPSA) is 6.48 Å². The Morgan fingerprint density at radius 1 is 0.538 bits per heavy atom. The first-order valence-electron chi connectivity index (χ1n) is 18.2. The molecule has 4 heteroatoms. The fraction of sp³-hybridized carbons (Fsp3) is 0.0833. The van der Waals surface area contributed by atoms with Crippen LogP contribution in [0.25, 0.3) is 32.7 Å². The predicted octanol–water partition coefficient (Wildman–Crippen LogP) is 10.8. The number of fused-ring (bicyclic) bond motifs is 11. The van der Waals surface area contributed by atoms with Crippen LogP contribution in [0.3, 0.4) is 0 Å². The summed E-state index contributed by atoms with van der Waals surface area (Å²) in [6.07, 6.45) is 0. The molecule has 3 aliphatic rings. The van der Waals surface area contributed by atoms with Crippen LogP contribution in [0.5, 0.6) is 0 Å². The van der Waals surface area contributed by atoms with Crippen molar-refractivity contribution in [2.75, 3.05) is 9.80 Å². The van der Waals surface area contributed by atoms with Crippen LogP contribution in [-0.4, -0.2) is 6.71 Å². The summed E-state index contributed by atoms with van der Waals surface area (Å²) in [5.74, 6) is -0.238. The molecular weight excluding hydrogens is 634 g/mol. The van der Waals surface area contributed by atoms with Gasteiger partial charge in [-0.3, -0.25) is 0 Å². The average Bonchev–Trinajstić information content (AvgIpc) is 3.39. The number of hydrogen-bond acceptors (Lipinski definition) is 2. The molecule has 0 fully saturated rings. The number of rotatable bonds is 2. The minimum atomic E-state index is -0.294. The van der Waals surface area contributed by atoms with Crippen molar-refractivity contribution < 1.29 is 4.39 Å². The maximum atomic E-state index is 14.7. The van der Waals surface area contributed by atoms with Crippen molar-refractivity contribution in [2.24, 2.45) is 0 Å². The van der Waals surface area contributed by atoms with Crippen molar-refractivity contribution >= 4 is 78.8 Å². The molecule has 0 spiro atoms. The lowest BCUT2D eigenvalue weighted by Crippen LogP contribution is -2.62. The summed E-state index contributed by atoms with van der Waals surface area (Å²) in [6.45, 7) is 6.88. The van der Waals surface area contributed by atoms with E-state index >= 15 is 0 Å². The first kappa shape index (κ1) is 29.6. The lowest BCUT2D eigenvalue weighted by molar-refractivity contribution is 0.628. The van der Waals surface area contributed by atoms with Gasteiger partial charge in [-0.15, -0.1) is 0 Å². The molecule has 0 aromatic heterocycles. The highest BCUT2D eigenvalue weighted by atomic mass is 19.1. The lowest BCUT2D eigenvalue weighted by atomic mass is 9.32. The second kappa shape index (κ2) is 10.5. The molecule has 2 nitrogen and oxygen atoms in total. The van der Waals surface area contributed by atoms with Crippen molar-refractivity contribution in [3.63, 3.8) is 0 Å². The number of nitrogens with zero attached hydrogens (tertiary/aromatic N) is 2. The van der Waals surface area contributed by atoms with E-state index in [-0.39, 0.29) is 17.9 Å². The van der Waals surface area contributed by atoms with Crippen LogP contribution in [0.15, 0.2) is 152 Å². The summed E-state index contributed by atoms with van der Waals surface area (Å²) in [5.41, 5.74) is 16.8. The molecule has 0 saturated carbocycles. The van der Waals surface area contributed by atoms with Crippen molar-refractivity contribution in [1.29, 1.82) is 0 Å². The van der Waals surface area contributed by atoms with Crippen LogP contribution >= 0.6 is 0 Å². The van der Waals surface area contributed by atoms with Crippen LogP contribution in [0.4, 0.5) is 38.5 Å². The number of benzene rings is 8. The fourth-order valence-electron chi connectivity index (χ4n) is 9.60. The van der Waals surface area contributed by atoms with E-state index in [1.54, 1.807) is 12.1 Å². The third-order valence-corrected chi connectivity index (χ3v) is 11.9. The Morgan fingerprint density at radius 3 is 1.94 bits per heavy atom. The van der Waals surface area contributed by atoms with Gasteiger partial charge in [0.05, 0.1) is 0 Å². The quantitative estimate of drug-likeness (QED) is 0.169. The largest absolute Gasteiger partial charge is 0.311 e. The molecular formula is C48H34BFN2. The Balaban J connectivity index is 1.28. The molecule has 0 bridgehead atoms. The van der Waals surface area contributed by atoms with Crippen LogP contribution < -0.4 is 26.2 Å². The molecule has 0 unspecified atom stereocenters. The molecule has 2 aliphatic heterocycles. The molecule has 0 radical (unpaired) electrons. The number of hydrogen-bond donors (Lipinski definition) is 0. The zero-order valence-corrected chi connectivity index (χ0v) is 29.3. The summed E-state index contributed by atoms with van der Waals surface area (Å²) in [6, 6.07) is 54.3. The molecule has 52 heavy (non-hydrogen) atoms. The molecule has 11 rings (SSSR count). The van der Waals surface area contributed by atoms with Crippen LogP contribution in [0.1, 0.15) is 30.5 Å². The van der Waals surface area contributed by atoms with Crippen molar-refractivity contribution in [3.8, 4) is 11.1 Å². The third-order valence-electron chi connectivity index (χ3n) is 11.9. The molecule has 0 amide bonds. The lowest BCUT2D eigenvalue weighted by Gasteiger charge is -2.46. The SMILES string of the molecule is Cc1ccc(N2c3cccc4c3B(c3ccc5c(c3N4c3ccc(F)cc3)C(C)(C)c3cc4ccccc4cc3-5)c3c2ccc2ccccc32)cc1. The number of aryl methyl sites for hydroxylation is 1. The van der Waals surface area contributed by atoms with E-state index in [1.807, 2.05) is 12.1 Å². The van der Waals surface area contributed by atoms with Gasteiger partial charge in [-0.1, -0.05) is 104 Å². The highest BCUT2D eigenvalue weighted by Crippen LogP contribution is 2.56. The molecule has 2 heterocycles. The molecule has 0 saturated heterocycles. The van der Waals surface area contributed by atoms with Crippen molar-refractivity contribution in [3.05, 3.63) is 174 Å². The third kappa shape index (κ3) is 3.90. The second-order valence-electron chi connectivity index (χ2n) is 15.1. The molecule has 0 N–H and O–H groups in total. The Bertz CT molecular complexity index is 2800. The standard InChI is InChI=1S/C48H34BFN2/c1-29-15-20-34(21-16-29)51-41-13-8-14-42-46(41)49(45-36-12-7-6-9-30(36)17-26-43(45)51)40-25-24-37-38-27-31-10-4-5-11-32(31)28-39(38)48(2,3)44(37)47(40)52(42)35-22-18-33(50)19-23-35/h4-28H,1-3H3. The van der Waals surface area contributed by atoms with Gasteiger partial charge in [-0.25, -0.2) is 4.39 Å². The van der Waals surface area contributed by atoms with Crippen molar-refractivity contribution in [1.82, 2.24) is 0 Å². The average molecular weight is 669 g/mol. The van der Waals surface area contributed by atoms with E-state index in [0.717, 1.165) is 17.1 Å². The van der Waals surface area contributed by atoms with Gasteiger partial charge in [-0.05, 0) is 134 Å². The maximum Gasteiger partial charge on any atom is 0.252 e. The minimum Gasteiger partial charge on any atom is -0.311 e. The molecule has 0 atom stereocenters. The fourth-order valence-corrected chi connectivity index (χ4v) is 9.60. The summed E-state index contributed by atoms with van der Waals surface area (Å²) >= 11 is 0. The summed E-state index contributed by atoms with van der Waals surface area (Å²) < 4.78 is 14.7. The van der Waals surface area contributed by atoms with E-state index in [1.165, 1.54) is 82.8 Å². The first-order chi connectivity index (χ1) is 25.4. The van der Waals surface area contributed by atoms with Crippen LogP contribution in [0, 0.1) is 12.7 Å². The molecule has 8 aromatic carbocycles. The van der Waals surface area contributed by atoms with E-state index in [9.17, 15) is 4.39 Å². The zero-order valence-electron chi connectivity index (χ0n) is 29.3. The molecule has 8 aromatic rings. The van der Waals surface area contributed by atoms with Gasteiger partial charge in [-0.2, -0.15) is 0 Å². The summed E-state index contributed by atoms with van der Waals surface area (Å²) in [5, 5.41) is 4.99. The predicted molar refractivity (Wildman–Crippen MR) is 218 cm³/mol. The number of anilines is 6. The van der Waals surface area contributed by atoms with E-state index in [4.69, 9.17) is 0 Å². The summed E-state index contributed by atoms with van der Waals surface area (Å²) in [4.78, 5) is 4.88. The van der Waals surface area contributed by atoms with E-state index in [2.05, 4.69) is 158 Å². The van der Waals surface area contributed by atoms with Gasteiger partial charge in [0.2, 0.25) is 0 Å². The Morgan fingerprint density at radius 2 is 1.17 bits per heavy atom. The Kier molecular flexibility index (Phi) is 5.95. The normalized spacial score (nSPS) is 14.6. The van der Waals surface area contributed by atoms with Gasteiger partial charge in [0.15, 0.2) is 0 Å². The van der Waals surface area contributed by atoms with Crippen molar-refractivity contribution in [2.45, 2.75) is 26.2 Å². The Hall–Kier alpha value is -6.13. The second-order valence-corrected chi connectivity index (χ2v) is 15.1. The molecule has 246 valence electrons. The maximum absolute atomic E-state index is 14.7. The van der Waals surface area contributed by atoms with E-state index in [0.29, 0.717) is 0 Å². The first-order valence-corrected chi connectivity index (χ1v) is 18.2. The summed E-state index contributed by atoms with van der Waals surface area (Å²) in [7, 11) is 0. The van der Waals surface area contributed by atoms with Gasteiger partial charge >= 0.3 is 0 Å². The molecule has 1 aliphatic carbocycles.